The Balaban J connectivity index is 1.63. The second-order valence-electron chi connectivity index (χ2n) is 6.53. The summed E-state index contributed by atoms with van der Waals surface area (Å²) < 4.78 is 47.2. The minimum Gasteiger partial charge on any atom is -0.405 e. The molecule has 8 heteroatoms. The van der Waals surface area contributed by atoms with Crippen molar-refractivity contribution >= 4 is 5.96 Å². The number of likely N-dealkylation sites (tertiary alicyclic amines) is 1. The van der Waals surface area contributed by atoms with Gasteiger partial charge in [0.1, 0.15) is 5.75 Å². The predicted molar refractivity (Wildman–Crippen MR) is 87.4 cm³/mol. The van der Waals surface area contributed by atoms with Crippen molar-refractivity contribution in [3.05, 3.63) is 29.8 Å². The van der Waals surface area contributed by atoms with Gasteiger partial charge in [0.2, 0.25) is 0 Å². The highest BCUT2D eigenvalue weighted by atomic mass is 19.4. The number of halogens is 3. The molecule has 1 spiro atoms. The lowest BCUT2D eigenvalue weighted by molar-refractivity contribution is -0.274. The molecule has 0 radical (unpaired) electrons. The fourth-order valence-corrected chi connectivity index (χ4v) is 3.47. The highest BCUT2D eigenvalue weighted by molar-refractivity contribution is 5.80. The lowest BCUT2D eigenvalue weighted by Crippen LogP contribution is -2.41. The van der Waals surface area contributed by atoms with E-state index in [1.165, 1.54) is 12.1 Å². The average Bonchev–Trinajstić information content (AvgIpc) is 3.19. The first-order valence-corrected chi connectivity index (χ1v) is 8.28. The van der Waals surface area contributed by atoms with E-state index >= 15 is 0 Å². The maximum Gasteiger partial charge on any atom is 0.573 e. The quantitative estimate of drug-likeness (QED) is 0.668. The van der Waals surface area contributed by atoms with E-state index in [0.29, 0.717) is 11.5 Å². The van der Waals surface area contributed by atoms with Gasteiger partial charge in [-0.1, -0.05) is 18.2 Å². The molecule has 0 amide bonds. The molecule has 25 heavy (non-hydrogen) atoms. The van der Waals surface area contributed by atoms with E-state index in [4.69, 9.17) is 4.74 Å². The summed E-state index contributed by atoms with van der Waals surface area (Å²) in [5.74, 6) is 0.491. The molecule has 1 atom stereocenters. The van der Waals surface area contributed by atoms with E-state index < -0.39 is 6.36 Å². The number of benzene rings is 1. The number of aliphatic imine (C=N–C) groups is 1. The van der Waals surface area contributed by atoms with Crippen molar-refractivity contribution in [1.82, 2.24) is 10.2 Å². The van der Waals surface area contributed by atoms with Gasteiger partial charge in [0.05, 0.1) is 6.61 Å². The Bertz CT molecular complexity index is 628. The van der Waals surface area contributed by atoms with Crippen LogP contribution in [0.15, 0.2) is 29.3 Å². The van der Waals surface area contributed by atoms with Crippen LogP contribution in [0.5, 0.6) is 5.75 Å². The van der Waals surface area contributed by atoms with E-state index in [1.54, 1.807) is 19.2 Å². The van der Waals surface area contributed by atoms with Crippen molar-refractivity contribution in [3.8, 4) is 5.75 Å². The van der Waals surface area contributed by atoms with E-state index in [0.717, 1.165) is 39.1 Å². The Labute approximate surface area is 144 Å². The summed E-state index contributed by atoms with van der Waals surface area (Å²) in [6.45, 7) is 3.49. The van der Waals surface area contributed by atoms with Gasteiger partial charge in [0.25, 0.3) is 0 Å². The summed E-state index contributed by atoms with van der Waals surface area (Å²) in [5.41, 5.74) is 0.619. The summed E-state index contributed by atoms with van der Waals surface area (Å²) in [6.07, 6.45) is -2.62. The number of hydrogen-bond acceptors (Lipinski definition) is 3. The molecule has 0 saturated carbocycles. The number of alkyl halides is 3. The first kappa shape index (κ1) is 17.8. The fraction of sp³-hybridized carbons (Fsp3) is 0.588. The molecule has 138 valence electrons. The van der Waals surface area contributed by atoms with Crippen LogP contribution in [-0.2, 0) is 11.3 Å². The zero-order chi connectivity index (χ0) is 17.9. The smallest absolute Gasteiger partial charge is 0.405 e. The van der Waals surface area contributed by atoms with Crippen molar-refractivity contribution in [1.29, 1.82) is 0 Å². The van der Waals surface area contributed by atoms with Gasteiger partial charge in [0, 0.05) is 44.3 Å². The van der Waals surface area contributed by atoms with Gasteiger partial charge in [-0.2, -0.15) is 0 Å². The molecule has 2 heterocycles. The van der Waals surface area contributed by atoms with Gasteiger partial charge in [-0.25, -0.2) is 0 Å². The number of ether oxygens (including phenoxy) is 2. The van der Waals surface area contributed by atoms with Crippen LogP contribution in [-0.4, -0.2) is 50.6 Å². The number of guanidine groups is 1. The van der Waals surface area contributed by atoms with Crippen LogP contribution in [0.2, 0.25) is 0 Å². The molecular weight excluding hydrogens is 335 g/mol. The van der Waals surface area contributed by atoms with Gasteiger partial charge in [-0.3, -0.25) is 4.99 Å². The van der Waals surface area contributed by atoms with Gasteiger partial charge in [-0.15, -0.1) is 13.2 Å². The van der Waals surface area contributed by atoms with E-state index in [-0.39, 0.29) is 17.7 Å². The molecule has 1 N–H and O–H groups in total. The Kier molecular flexibility index (Phi) is 5.08. The third kappa shape index (κ3) is 4.36. The average molecular weight is 357 g/mol. The molecule has 0 aromatic heterocycles. The molecule has 1 unspecified atom stereocenters. The summed E-state index contributed by atoms with van der Waals surface area (Å²) in [5, 5.41) is 3.15. The second kappa shape index (κ2) is 7.11. The van der Waals surface area contributed by atoms with E-state index in [1.807, 2.05) is 0 Å². The number of para-hydroxylation sites is 1. The van der Waals surface area contributed by atoms with Gasteiger partial charge in [-0.05, 0) is 18.9 Å². The molecular formula is C17H22F3N3O2. The normalized spacial score (nSPS) is 24.2. The summed E-state index contributed by atoms with van der Waals surface area (Å²) in [6, 6.07) is 6.12. The zero-order valence-corrected chi connectivity index (χ0v) is 14.1. The SMILES string of the molecule is CN=C(NCc1ccccc1OC(F)(F)F)N1CCC2(CCOC2)C1. The minimum atomic E-state index is -4.71. The van der Waals surface area contributed by atoms with Crippen LogP contribution < -0.4 is 10.1 Å². The third-order valence-electron chi connectivity index (χ3n) is 4.77. The van der Waals surface area contributed by atoms with E-state index in [2.05, 4.69) is 19.9 Å². The summed E-state index contributed by atoms with van der Waals surface area (Å²) in [4.78, 5) is 6.41. The zero-order valence-electron chi connectivity index (χ0n) is 14.1. The number of rotatable bonds is 3. The Morgan fingerprint density at radius 3 is 2.84 bits per heavy atom. The van der Waals surface area contributed by atoms with Crippen molar-refractivity contribution in [3.63, 3.8) is 0 Å². The first-order chi connectivity index (χ1) is 11.9. The molecule has 0 bridgehead atoms. The van der Waals surface area contributed by atoms with Crippen molar-refractivity contribution in [2.45, 2.75) is 25.7 Å². The van der Waals surface area contributed by atoms with Crippen LogP contribution >= 0.6 is 0 Å². The third-order valence-corrected chi connectivity index (χ3v) is 4.77. The molecule has 2 aliphatic rings. The largest absolute Gasteiger partial charge is 0.573 e. The number of hydrogen-bond donors (Lipinski definition) is 1. The molecule has 2 aliphatic heterocycles. The second-order valence-corrected chi connectivity index (χ2v) is 6.53. The Morgan fingerprint density at radius 1 is 1.36 bits per heavy atom. The number of nitrogens with zero attached hydrogens (tertiary/aromatic N) is 2. The van der Waals surface area contributed by atoms with Crippen molar-refractivity contribution in [2.75, 3.05) is 33.4 Å². The van der Waals surface area contributed by atoms with Crippen LogP contribution in [0.1, 0.15) is 18.4 Å². The van der Waals surface area contributed by atoms with Gasteiger partial charge in [0.15, 0.2) is 5.96 Å². The molecule has 1 aromatic rings. The molecule has 0 aliphatic carbocycles. The molecule has 3 rings (SSSR count). The standard InChI is InChI=1S/C17H22F3N3O2/c1-21-15(23-8-6-16(11-23)7-9-24-12-16)22-10-13-4-2-3-5-14(13)25-17(18,19)20/h2-5H,6-12H2,1H3,(H,21,22). The minimum absolute atomic E-state index is 0.189. The molecule has 2 saturated heterocycles. The lowest BCUT2D eigenvalue weighted by atomic mass is 9.87. The van der Waals surface area contributed by atoms with Crippen molar-refractivity contribution < 1.29 is 22.6 Å². The lowest BCUT2D eigenvalue weighted by Gasteiger charge is -2.25. The summed E-state index contributed by atoms with van der Waals surface area (Å²) >= 11 is 0. The predicted octanol–water partition coefficient (Wildman–Crippen LogP) is 2.77. The van der Waals surface area contributed by atoms with Crippen LogP contribution in [0, 0.1) is 5.41 Å². The van der Waals surface area contributed by atoms with Gasteiger partial charge < -0.3 is 19.7 Å². The molecule has 5 nitrogen and oxygen atoms in total. The maximum absolute atomic E-state index is 12.5. The molecule has 1 aromatic carbocycles. The Morgan fingerprint density at radius 2 is 2.16 bits per heavy atom. The first-order valence-electron chi connectivity index (χ1n) is 8.28. The van der Waals surface area contributed by atoms with Gasteiger partial charge >= 0.3 is 6.36 Å². The monoisotopic (exact) mass is 357 g/mol. The van der Waals surface area contributed by atoms with Crippen LogP contribution in [0.3, 0.4) is 0 Å². The van der Waals surface area contributed by atoms with Crippen LogP contribution in [0.25, 0.3) is 0 Å². The number of nitrogens with one attached hydrogen (secondary N) is 1. The molecule has 2 fully saturated rings. The van der Waals surface area contributed by atoms with E-state index in [9.17, 15) is 13.2 Å². The van der Waals surface area contributed by atoms with Crippen LogP contribution in [0.4, 0.5) is 13.2 Å². The Hall–Kier alpha value is -1.96. The highest BCUT2D eigenvalue weighted by Gasteiger charge is 2.42. The van der Waals surface area contributed by atoms with Crippen molar-refractivity contribution in [2.24, 2.45) is 10.4 Å². The fourth-order valence-electron chi connectivity index (χ4n) is 3.47. The summed E-state index contributed by atoms with van der Waals surface area (Å²) in [7, 11) is 1.68. The topological polar surface area (TPSA) is 46.1 Å². The maximum atomic E-state index is 12.5. The highest BCUT2D eigenvalue weighted by Crippen LogP contribution is 2.38.